The Morgan fingerprint density at radius 1 is 1.19 bits per heavy atom. The first-order valence-electron chi connectivity index (χ1n) is 5.48. The minimum Gasteiger partial charge on any atom is -0.496 e. The van der Waals surface area contributed by atoms with E-state index >= 15 is 0 Å². The van der Waals surface area contributed by atoms with Gasteiger partial charge in [-0.2, -0.15) is 0 Å². The standard InChI is InChI=1S/C13H20ClNO/c1-7(6-15)11-10(4)12(14)8(2)9(3)13(11)16-5/h7H,6,15H2,1-5H3. The fourth-order valence-corrected chi connectivity index (χ4v) is 2.32. The summed E-state index contributed by atoms with van der Waals surface area (Å²) >= 11 is 6.32. The van der Waals surface area contributed by atoms with Gasteiger partial charge in [0.2, 0.25) is 0 Å². The molecule has 1 rings (SSSR count). The van der Waals surface area contributed by atoms with E-state index in [1.807, 2.05) is 20.8 Å². The molecule has 0 aliphatic rings. The van der Waals surface area contributed by atoms with Crippen molar-refractivity contribution in [3.05, 3.63) is 27.3 Å². The van der Waals surface area contributed by atoms with E-state index in [0.717, 1.165) is 33.0 Å². The van der Waals surface area contributed by atoms with E-state index in [4.69, 9.17) is 22.1 Å². The van der Waals surface area contributed by atoms with Gasteiger partial charge in [0.1, 0.15) is 5.75 Å². The van der Waals surface area contributed by atoms with E-state index in [0.29, 0.717) is 6.54 Å². The summed E-state index contributed by atoms with van der Waals surface area (Å²) in [6.07, 6.45) is 0. The summed E-state index contributed by atoms with van der Waals surface area (Å²) in [6, 6.07) is 0. The Hall–Kier alpha value is -0.730. The molecule has 1 unspecified atom stereocenters. The minimum absolute atomic E-state index is 0.256. The number of rotatable bonds is 3. The molecule has 0 bridgehead atoms. The number of ether oxygens (including phenoxy) is 1. The first-order valence-corrected chi connectivity index (χ1v) is 5.86. The van der Waals surface area contributed by atoms with Gasteiger partial charge in [0, 0.05) is 10.6 Å². The van der Waals surface area contributed by atoms with Gasteiger partial charge >= 0.3 is 0 Å². The average molecular weight is 242 g/mol. The van der Waals surface area contributed by atoms with Gasteiger partial charge in [-0.1, -0.05) is 18.5 Å². The molecule has 1 aromatic rings. The highest BCUT2D eigenvalue weighted by molar-refractivity contribution is 6.32. The molecule has 0 saturated heterocycles. The predicted octanol–water partition coefficient (Wildman–Crippen LogP) is 3.34. The van der Waals surface area contributed by atoms with Crippen molar-refractivity contribution in [1.29, 1.82) is 0 Å². The molecule has 0 aliphatic heterocycles. The average Bonchev–Trinajstić information content (AvgIpc) is 2.29. The molecule has 2 nitrogen and oxygen atoms in total. The first kappa shape index (κ1) is 13.3. The van der Waals surface area contributed by atoms with Crippen LogP contribution >= 0.6 is 11.6 Å². The molecule has 1 atom stereocenters. The molecule has 0 aromatic heterocycles. The molecule has 0 fully saturated rings. The summed E-state index contributed by atoms with van der Waals surface area (Å²) in [6.45, 7) is 8.76. The number of hydrogen-bond donors (Lipinski definition) is 1. The second-order valence-corrected chi connectivity index (χ2v) is 4.65. The third-order valence-corrected chi connectivity index (χ3v) is 3.83. The maximum absolute atomic E-state index is 6.32. The van der Waals surface area contributed by atoms with E-state index in [2.05, 4.69) is 6.92 Å². The lowest BCUT2D eigenvalue weighted by atomic mass is 9.91. The van der Waals surface area contributed by atoms with Crippen molar-refractivity contribution in [1.82, 2.24) is 0 Å². The van der Waals surface area contributed by atoms with E-state index in [1.165, 1.54) is 0 Å². The Morgan fingerprint density at radius 2 is 1.75 bits per heavy atom. The zero-order valence-electron chi connectivity index (χ0n) is 10.6. The van der Waals surface area contributed by atoms with Gasteiger partial charge in [0.25, 0.3) is 0 Å². The van der Waals surface area contributed by atoms with Gasteiger partial charge in [-0.15, -0.1) is 0 Å². The second-order valence-electron chi connectivity index (χ2n) is 4.27. The van der Waals surface area contributed by atoms with Crippen molar-refractivity contribution in [3.63, 3.8) is 0 Å². The van der Waals surface area contributed by atoms with E-state index in [1.54, 1.807) is 7.11 Å². The quantitative estimate of drug-likeness (QED) is 0.881. The Balaban J connectivity index is 3.57. The van der Waals surface area contributed by atoms with Crippen LogP contribution in [0.4, 0.5) is 0 Å². The number of halogens is 1. The molecule has 0 amide bonds. The van der Waals surface area contributed by atoms with Crippen molar-refractivity contribution in [2.24, 2.45) is 5.73 Å². The Morgan fingerprint density at radius 3 is 2.19 bits per heavy atom. The molecule has 0 saturated carbocycles. The third-order valence-electron chi connectivity index (χ3n) is 3.26. The minimum atomic E-state index is 0.256. The van der Waals surface area contributed by atoms with Crippen LogP contribution in [0.15, 0.2) is 0 Å². The zero-order valence-corrected chi connectivity index (χ0v) is 11.4. The van der Waals surface area contributed by atoms with Crippen LogP contribution < -0.4 is 10.5 Å². The molecule has 0 radical (unpaired) electrons. The van der Waals surface area contributed by atoms with Crippen molar-refractivity contribution < 1.29 is 4.74 Å². The van der Waals surface area contributed by atoms with Crippen LogP contribution in [0.25, 0.3) is 0 Å². The fraction of sp³-hybridized carbons (Fsp3) is 0.538. The molecule has 0 heterocycles. The van der Waals surface area contributed by atoms with Crippen molar-refractivity contribution in [2.75, 3.05) is 13.7 Å². The molecule has 2 N–H and O–H groups in total. The predicted molar refractivity (Wildman–Crippen MR) is 69.7 cm³/mol. The van der Waals surface area contributed by atoms with Gasteiger partial charge in [-0.3, -0.25) is 0 Å². The monoisotopic (exact) mass is 241 g/mol. The van der Waals surface area contributed by atoms with E-state index < -0.39 is 0 Å². The van der Waals surface area contributed by atoms with E-state index in [9.17, 15) is 0 Å². The van der Waals surface area contributed by atoms with Crippen molar-refractivity contribution >= 4 is 11.6 Å². The maximum Gasteiger partial charge on any atom is 0.125 e. The Labute approximate surface area is 103 Å². The number of benzene rings is 1. The first-order chi connectivity index (χ1) is 7.45. The van der Waals surface area contributed by atoms with Crippen molar-refractivity contribution in [3.8, 4) is 5.75 Å². The molecule has 0 spiro atoms. The summed E-state index contributed by atoms with van der Waals surface area (Å²) in [5.41, 5.74) is 10.1. The number of methoxy groups -OCH3 is 1. The van der Waals surface area contributed by atoms with Crippen LogP contribution in [0.1, 0.15) is 35.1 Å². The van der Waals surface area contributed by atoms with Crippen LogP contribution in [0.3, 0.4) is 0 Å². The zero-order chi connectivity index (χ0) is 12.5. The number of hydrogen-bond acceptors (Lipinski definition) is 2. The van der Waals surface area contributed by atoms with Crippen LogP contribution in [0, 0.1) is 20.8 Å². The highest BCUT2D eigenvalue weighted by atomic mass is 35.5. The smallest absolute Gasteiger partial charge is 0.125 e. The summed E-state index contributed by atoms with van der Waals surface area (Å²) in [7, 11) is 1.70. The SMILES string of the molecule is COc1c(C)c(C)c(Cl)c(C)c1C(C)CN. The topological polar surface area (TPSA) is 35.2 Å². The maximum atomic E-state index is 6.32. The lowest BCUT2D eigenvalue weighted by Gasteiger charge is -2.22. The van der Waals surface area contributed by atoms with Crippen LogP contribution in [-0.4, -0.2) is 13.7 Å². The molecule has 3 heteroatoms. The van der Waals surface area contributed by atoms with Gasteiger partial charge in [0.05, 0.1) is 7.11 Å². The highest BCUT2D eigenvalue weighted by Gasteiger charge is 2.20. The van der Waals surface area contributed by atoms with E-state index in [-0.39, 0.29) is 5.92 Å². The Kier molecular flexibility index (Phi) is 4.22. The molecule has 90 valence electrons. The van der Waals surface area contributed by atoms with Crippen LogP contribution in [-0.2, 0) is 0 Å². The van der Waals surface area contributed by atoms with Crippen LogP contribution in [0.5, 0.6) is 5.75 Å². The Bertz CT molecular complexity index is 402. The van der Waals surface area contributed by atoms with Crippen molar-refractivity contribution in [2.45, 2.75) is 33.6 Å². The number of nitrogens with two attached hydrogens (primary N) is 1. The van der Waals surface area contributed by atoms with Crippen LogP contribution in [0.2, 0.25) is 5.02 Å². The highest BCUT2D eigenvalue weighted by Crippen LogP contribution is 2.39. The largest absolute Gasteiger partial charge is 0.496 e. The molecular formula is C13H20ClNO. The van der Waals surface area contributed by atoms with Gasteiger partial charge in [-0.05, 0) is 49.9 Å². The summed E-state index contributed by atoms with van der Waals surface area (Å²) in [5.74, 6) is 1.18. The van der Waals surface area contributed by atoms with Gasteiger partial charge in [-0.25, -0.2) is 0 Å². The second kappa shape index (κ2) is 5.07. The summed E-state index contributed by atoms with van der Waals surface area (Å²) in [5, 5.41) is 0.827. The van der Waals surface area contributed by atoms with Gasteiger partial charge in [0.15, 0.2) is 0 Å². The van der Waals surface area contributed by atoms with Gasteiger partial charge < -0.3 is 10.5 Å². The summed E-state index contributed by atoms with van der Waals surface area (Å²) < 4.78 is 5.50. The molecular weight excluding hydrogens is 222 g/mol. The molecule has 1 aromatic carbocycles. The fourth-order valence-electron chi connectivity index (χ4n) is 2.08. The summed E-state index contributed by atoms with van der Waals surface area (Å²) in [4.78, 5) is 0. The lowest BCUT2D eigenvalue weighted by Crippen LogP contribution is -2.13. The normalized spacial score (nSPS) is 12.7. The molecule has 0 aliphatic carbocycles. The third kappa shape index (κ3) is 2.04. The molecule has 16 heavy (non-hydrogen) atoms. The lowest BCUT2D eigenvalue weighted by molar-refractivity contribution is 0.402.